The van der Waals surface area contributed by atoms with Crippen LogP contribution in [-0.2, 0) is 0 Å². The van der Waals surface area contributed by atoms with Gasteiger partial charge in [-0.3, -0.25) is 10.00 Å². The van der Waals surface area contributed by atoms with E-state index in [1.165, 1.54) is 6.07 Å². The normalized spacial score (nSPS) is 17.3. The summed E-state index contributed by atoms with van der Waals surface area (Å²) in [5, 5.41) is 10.6. The molecule has 0 unspecified atom stereocenters. The number of ether oxygens (including phenoxy) is 1. The zero-order valence-corrected chi connectivity index (χ0v) is 21.2. The first-order valence-corrected chi connectivity index (χ1v) is 12.6. The molecule has 9 nitrogen and oxygen atoms in total. The van der Waals surface area contributed by atoms with Crippen molar-refractivity contribution in [3.63, 3.8) is 0 Å². The lowest BCUT2D eigenvalue weighted by Crippen LogP contribution is -2.49. The van der Waals surface area contributed by atoms with Crippen LogP contribution in [-0.4, -0.2) is 83.7 Å². The second-order valence-corrected chi connectivity index (χ2v) is 9.51. The average molecular weight is 529 g/mol. The fourth-order valence-electron chi connectivity index (χ4n) is 4.54. The number of H-pyrrole nitrogens is 2. The van der Waals surface area contributed by atoms with Gasteiger partial charge < -0.3 is 19.9 Å². The highest BCUT2D eigenvalue weighted by Gasteiger charge is 2.26. The number of nitrogens with zero attached hydrogens (tertiary/aromatic N) is 5. The number of piperazine rings is 1. The molecule has 1 aromatic carbocycles. The van der Waals surface area contributed by atoms with Crippen molar-refractivity contribution in [3.8, 4) is 5.75 Å². The molecular formula is C26H31F3N8O. The highest BCUT2D eigenvalue weighted by atomic mass is 19.1. The number of benzene rings is 1. The van der Waals surface area contributed by atoms with Crippen molar-refractivity contribution in [1.82, 2.24) is 25.0 Å². The molecule has 2 aliphatic rings. The molecule has 12 heteroatoms. The maximum absolute atomic E-state index is 15.0. The minimum absolute atomic E-state index is 0.0987. The van der Waals surface area contributed by atoms with Gasteiger partial charge in [0.25, 0.3) is 0 Å². The quantitative estimate of drug-likeness (QED) is 0.269. The summed E-state index contributed by atoms with van der Waals surface area (Å²) in [6.45, 7) is 7.65. The van der Waals surface area contributed by atoms with Crippen molar-refractivity contribution in [2.24, 2.45) is 9.98 Å². The fourth-order valence-corrected chi connectivity index (χ4v) is 4.54. The van der Waals surface area contributed by atoms with E-state index in [9.17, 15) is 13.2 Å². The van der Waals surface area contributed by atoms with Crippen molar-refractivity contribution in [2.45, 2.75) is 25.7 Å². The lowest BCUT2D eigenvalue weighted by atomic mass is 10.2. The summed E-state index contributed by atoms with van der Waals surface area (Å²) in [4.78, 5) is 15.5. The van der Waals surface area contributed by atoms with Gasteiger partial charge in [0.15, 0.2) is 29.9 Å². The highest BCUT2D eigenvalue weighted by Crippen LogP contribution is 2.39. The summed E-state index contributed by atoms with van der Waals surface area (Å²) in [6, 6.07) is 4.50. The first-order valence-electron chi connectivity index (χ1n) is 12.6. The highest BCUT2D eigenvalue weighted by molar-refractivity contribution is 5.94. The molecule has 38 heavy (non-hydrogen) atoms. The molecule has 1 aliphatic carbocycles. The topological polar surface area (TPSA) is 96.9 Å². The number of alkyl halides is 1. The lowest BCUT2D eigenvalue weighted by molar-refractivity contribution is 0.171. The molecule has 0 amide bonds. The number of aryl methyl sites for hydroxylation is 1. The van der Waals surface area contributed by atoms with E-state index in [2.05, 4.69) is 37.2 Å². The second kappa shape index (κ2) is 11.3. The van der Waals surface area contributed by atoms with E-state index < -0.39 is 18.3 Å². The first kappa shape index (κ1) is 25.8. The van der Waals surface area contributed by atoms with Gasteiger partial charge in [0.2, 0.25) is 0 Å². The fraction of sp³-hybridized carbons (Fsp3) is 0.423. The molecule has 202 valence electrons. The van der Waals surface area contributed by atoms with Crippen molar-refractivity contribution in [3.05, 3.63) is 53.1 Å². The number of anilines is 1. The molecule has 1 saturated carbocycles. The third-order valence-electron chi connectivity index (χ3n) is 6.75. The summed E-state index contributed by atoms with van der Waals surface area (Å²) >= 11 is 0. The van der Waals surface area contributed by atoms with Crippen LogP contribution < -0.4 is 10.1 Å². The predicted molar refractivity (Wildman–Crippen MR) is 142 cm³/mol. The van der Waals surface area contributed by atoms with E-state index in [1.807, 2.05) is 15.9 Å². The van der Waals surface area contributed by atoms with E-state index in [0.717, 1.165) is 24.6 Å². The molecule has 0 radical (unpaired) electrons. The maximum Gasteiger partial charge on any atom is 0.181 e. The third kappa shape index (κ3) is 5.85. The van der Waals surface area contributed by atoms with Gasteiger partial charge in [0.05, 0.1) is 5.52 Å². The van der Waals surface area contributed by atoms with Crippen LogP contribution in [0.2, 0.25) is 0 Å². The first-order chi connectivity index (χ1) is 18.4. The molecule has 0 atom stereocenters. The predicted octanol–water partition coefficient (Wildman–Crippen LogP) is 4.33. The Morgan fingerprint density at radius 3 is 2.74 bits per heavy atom. The molecule has 3 aromatic rings. The number of aromatic nitrogens is 3. The van der Waals surface area contributed by atoms with E-state index in [4.69, 9.17) is 4.74 Å². The molecule has 0 spiro atoms. The van der Waals surface area contributed by atoms with Gasteiger partial charge in [-0.1, -0.05) is 0 Å². The molecule has 1 aliphatic heterocycles. The van der Waals surface area contributed by atoms with Gasteiger partial charge in [-0.15, -0.1) is 0 Å². The number of hydrogen-bond donors (Lipinski definition) is 3. The van der Waals surface area contributed by atoms with Gasteiger partial charge in [-0.05, 0) is 32.5 Å². The Kier molecular flexibility index (Phi) is 7.68. The smallest absolute Gasteiger partial charge is 0.181 e. The van der Waals surface area contributed by atoms with Crippen LogP contribution in [0.1, 0.15) is 30.1 Å². The zero-order chi connectivity index (χ0) is 26.6. The van der Waals surface area contributed by atoms with E-state index in [-0.39, 0.29) is 23.4 Å². The lowest BCUT2D eigenvalue weighted by Gasteiger charge is -2.35. The van der Waals surface area contributed by atoms with Crippen LogP contribution in [0.4, 0.5) is 19.0 Å². The van der Waals surface area contributed by atoms with Crippen LogP contribution >= 0.6 is 0 Å². The van der Waals surface area contributed by atoms with E-state index >= 15 is 0 Å². The van der Waals surface area contributed by atoms with Gasteiger partial charge in [-0.25, -0.2) is 23.2 Å². The van der Waals surface area contributed by atoms with Crippen LogP contribution in [0.15, 0.2) is 40.1 Å². The molecule has 3 heterocycles. The largest absolute Gasteiger partial charge is 0.468 e. The van der Waals surface area contributed by atoms with E-state index in [0.29, 0.717) is 61.8 Å². The second-order valence-electron chi connectivity index (χ2n) is 9.51. The number of halogens is 3. The standard InChI is InChI=1S/C26H31F3N8O/c1-16-11-18-25(29)21(12-19(28)26(18)32-16)38-15-31-24(37-9-7-36(6-5-27)8-10-37)14-22(30-2)33-23-13-20(34-35-23)17-3-4-17/h11-14,17,32H,2-10,15H2,1H3,(H2,33,34,35)/b22-14+,31-24+. The molecule has 2 aromatic heterocycles. The van der Waals surface area contributed by atoms with Crippen LogP contribution in [0.25, 0.3) is 10.9 Å². The number of amidine groups is 1. The number of nitrogens with one attached hydrogen (secondary N) is 3. The number of aliphatic imine (C=N–C) groups is 2. The van der Waals surface area contributed by atoms with Gasteiger partial charge in [0, 0.05) is 73.6 Å². The average Bonchev–Trinajstić information content (AvgIpc) is 3.52. The number of rotatable bonds is 10. The monoisotopic (exact) mass is 528 g/mol. The Balaban J connectivity index is 1.35. The van der Waals surface area contributed by atoms with Crippen LogP contribution in [0, 0.1) is 18.6 Å². The van der Waals surface area contributed by atoms with Crippen molar-refractivity contribution < 1.29 is 17.9 Å². The summed E-state index contributed by atoms with van der Waals surface area (Å²) < 4.78 is 47.8. The van der Waals surface area contributed by atoms with Gasteiger partial charge >= 0.3 is 0 Å². The Hall–Kier alpha value is -3.80. The summed E-state index contributed by atoms with van der Waals surface area (Å²) in [5.41, 5.74) is 1.82. The Bertz CT molecular complexity index is 1350. The molecule has 2 fully saturated rings. The van der Waals surface area contributed by atoms with Gasteiger partial charge in [-0.2, -0.15) is 5.10 Å². The molecular weight excluding hydrogens is 497 g/mol. The van der Waals surface area contributed by atoms with Crippen molar-refractivity contribution in [2.75, 3.05) is 51.4 Å². The SMILES string of the molecule is C=N/C(=C\C(=N/COc1cc(F)c2[nH]c(C)cc2c1F)N1CCN(CCF)CC1)Nc1cc(C2CC2)[nH]n1. The number of fused-ring (bicyclic) bond motifs is 1. The van der Waals surface area contributed by atoms with Crippen LogP contribution in [0.5, 0.6) is 5.75 Å². The minimum atomic E-state index is -0.655. The Morgan fingerprint density at radius 2 is 2.03 bits per heavy atom. The van der Waals surface area contributed by atoms with Crippen LogP contribution in [0.3, 0.4) is 0 Å². The number of hydrogen-bond acceptors (Lipinski definition) is 6. The third-order valence-corrected chi connectivity index (χ3v) is 6.75. The minimum Gasteiger partial charge on any atom is -0.468 e. The maximum atomic E-state index is 15.0. The summed E-state index contributed by atoms with van der Waals surface area (Å²) in [7, 11) is 0. The Morgan fingerprint density at radius 1 is 1.24 bits per heavy atom. The zero-order valence-electron chi connectivity index (χ0n) is 21.2. The van der Waals surface area contributed by atoms with E-state index in [1.54, 1.807) is 13.0 Å². The Labute approximate surface area is 218 Å². The molecule has 0 bridgehead atoms. The summed E-state index contributed by atoms with van der Waals surface area (Å²) in [5.74, 6) is 0.598. The summed E-state index contributed by atoms with van der Waals surface area (Å²) in [6.07, 6.45) is 4.01. The van der Waals surface area contributed by atoms with Gasteiger partial charge in [0.1, 0.15) is 18.3 Å². The molecule has 5 rings (SSSR count). The number of aromatic amines is 2. The molecule has 1 saturated heterocycles. The van der Waals surface area contributed by atoms with Crippen molar-refractivity contribution >= 4 is 29.3 Å². The van der Waals surface area contributed by atoms with Crippen molar-refractivity contribution in [1.29, 1.82) is 0 Å². The molecule has 3 N–H and O–H groups in total.